The quantitative estimate of drug-likeness (QED) is 0.931. The molecule has 1 aromatic carbocycles. The van der Waals surface area contributed by atoms with Crippen molar-refractivity contribution in [3.8, 4) is 0 Å². The normalized spacial score (nSPS) is 14.5. The largest absolute Gasteiger partial charge is 0.343 e. The number of nitrogens with zero attached hydrogens (tertiary/aromatic N) is 1. The van der Waals surface area contributed by atoms with Crippen molar-refractivity contribution in [1.82, 2.24) is 10.2 Å². The molecule has 0 aliphatic carbocycles. The van der Waals surface area contributed by atoms with Crippen LogP contribution in [0.4, 0.5) is 0 Å². The third-order valence-corrected chi connectivity index (χ3v) is 3.60. The molecule has 0 bridgehead atoms. The Morgan fingerprint density at radius 1 is 1.21 bits per heavy atom. The van der Waals surface area contributed by atoms with Crippen LogP contribution in [0.15, 0.2) is 18.2 Å². The predicted molar refractivity (Wildman–Crippen MR) is 74.6 cm³/mol. The number of benzene rings is 1. The summed E-state index contributed by atoms with van der Waals surface area (Å²) in [5, 5.41) is 3.32. The summed E-state index contributed by atoms with van der Waals surface area (Å²) in [6.07, 6.45) is 2.06. The third kappa shape index (κ3) is 3.61. The van der Waals surface area contributed by atoms with Gasteiger partial charge in [-0.1, -0.05) is 23.2 Å². The van der Waals surface area contributed by atoms with Crippen LogP contribution in [-0.2, 0) is 4.79 Å². The minimum atomic E-state index is -0.389. The van der Waals surface area contributed by atoms with Crippen molar-refractivity contribution < 1.29 is 9.59 Å². The average molecular weight is 301 g/mol. The van der Waals surface area contributed by atoms with Crippen LogP contribution in [0.25, 0.3) is 0 Å². The molecule has 1 fully saturated rings. The van der Waals surface area contributed by atoms with Gasteiger partial charge < -0.3 is 10.2 Å². The number of hydrogen-bond donors (Lipinski definition) is 1. The lowest BCUT2D eigenvalue weighted by atomic mass is 10.2. The number of rotatable bonds is 3. The second kappa shape index (κ2) is 6.26. The van der Waals surface area contributed by atoms with Crippen molar-refractivity contribution >= 4 is 35.0 Å². The Hall–Kier alpha value is -1.26. The van der Waals surface area contributed by atoms with Crippen molar-refractivity contribution in [3.05, 3.63) is 33.8 Å². The topological polar surface area (TPSA) is 49.4 Å². The molecular weight excluding hydrogens is 287 g/mol. The monoisotopic (exact) mass is 300 g/mol. The Labute approximate surface area is 121 Å². The maximum absolute atomic E-state index is 11.9. The molecule has 102 valence electrons. The van der Waals surface area contributed by atoms with E-state index >= 15 is 0 Å². The van der Waals surface area contributed by atoms with Gasteiger partial charge in [0.15, 0.2) is 0 Å². The Bertz CT molecular complexity index is 499. The van der Waals surface area contributed by atoms with Gasteiger partial charge in [-0.3, -0.25) is 9.59 Å². The molecule has 0 spiro atoms. The van der Waals surface area contributed by atoms with Crippen LogP contribution < -0.4 is 5.32 Å². The van der Waals surface area contributed by atoms with Gasteiger partial charge in [0.1, 0.15) is 0 Å². The number of nitrogens with one attached hydrogen (secondary N) is 1. The number of hydrogen-bond acceptors (Lipinski definition) is 2. The summed E-state index contributed by atoms with van der Waals surface area (Å²) in [5.41, 5.74) is 0.281. The lowest BCUT2D eigenvalue weighted by Crippen LogP contribution is -2.38. The van der Waals surface area contributed by atoms with E-state index in [-0.39, 0.29) is 23.9 Å². The van der Waals surface area contributed by atoms with Crippen LogP contribution in [0, 0.1) is 0 Å². The fourth-order valence-electron chi connectivity index (χ4n) is 2.00. The first kappa shape index (κ1) is 14.2. The van der Waals surface area contributed by atoms with E-state index in [4.69, 9.17) is 23.2 Å². The second-order valence-electron chi connectivity index (χ2n) is 4.39. The van der Waals surface area contributed by atoms with Crippen molar-refractivity contribution in [2.45, 2.75) is 12.8 Å². The Balaban J connectivity index is 1.93. The molecule has 6 heteroatoms. The standard InChI is InChI=1S/C13H14Cl2N2O2/c14-9-3-4-11(15)10(7-9)13(19)16-8-12(18)17-5-1-2-6-17/h3-4,7H,1-2,5-6,8H2,(H,16,19). The Morgan fingerprint density at radius 2 is 1.89 bits per heavy atom. The van der Waals surface area contributed by atoms with Crippen molar-refractivity contribution in [2.24, 2.45) is 0 Å². The molecule has 19 heavy (non-hydrogen) atoms. The van der Waals surface area contributed by atoms with E-state index in [2.05, 4.69) is 5.32 Å². The van der Waals surface area contributed by atoms with Crippen LogP contribution in [0.3, 0.4) is 0 Å². The van der Waals surface area contributed by atoms with Crippen molar-refractivity contribution in [2.75, 3.05) is 19.6 Å². The van der Waals surface area contributed by atoms with Gasteiger partial charge >= 0.3 is 0 Å². The van der Waals surface area contributed by atoms with Gasteiger partial charge in [0.2, 0.25) is 5.91 Å². The summed E-state index contributed by atoms with van der Waals surface area (Å²) in [6, 6.07) is 4.65. The SMILES string of the molecule is O=C(NCC(=O)N1CCCC1)c1cc(Cl)ccc1Cl. The highest BCUT2D eigenvalue weighted by Gasteiger charge is 2.19. The smallest absolute Gasteiger partial charge is 0.253 e. The van der Waals surface area contributed by atoms with Gasteiger partial charge in [-0.2, -0.15) is 0 Å². The van der Waals surface area contributed by atoms with E-state index in [9.17, 15) is 9.59 Å². The highest BCUT2D eigenvalue weighted by Crippen LogP contribution is 2.20. The first-order chi connectivity index (χ1) is 9.08. The molecule has 2 amide bonds. The maximum atomic E-state index is 11.9. The van der Waals surface area contributed by atoms with Crippen molar-refractivity contribution in [3.63, 3.8) is 0 Å². The number of carbonyl (C=O) groups is 2. The second-order valence-corrected chi connectivity index (χ2v) is 5.24. The van der Waals surface area contributed by atoms with Crippen molar-refractivity contribution in [1.29, 1.82) is 0 Å². The van der Waals surface area contributed by atoms with Gasteiger partial charge in [0, 0.05) is 18.1 Å². The molecule has 1 N–H and O–H groups in total. The summed E-state index contributed by atoms with van der Waals surface area (Å²) in [6.45, 7) is 1.53. The molecule has 2 rings (SSSR count). The number of halogens is 2. The molecule has 1 aliphatic rings. The van der Waals surface area contributed by atoms with Crippen LogP contribution in [0.2, 0.25) is 10.0 Å². The third-order valence-electron chi connectivity index (χ3n) is 3.03. The molecule has 0 atom stereocenters. The summed E-state index contributed by atoms with van der Waals surface area (Å²) in [7, 11) is 0. The molecule has 1 aliphatic heterocycles. The van der Waals surface area contributed by atoms with E-state index < -0.39 is 0 Å². The first-order valence-electron chi connectivity index (χ1n) is 6.09. The molecular formula is C13H14Cl2N2O2. The molecule has 0 unspecified atom stereocenters. The van der Waals surface area contributed by atoms with Gasteiger partial charge in [0.25, 0.3) is 5.91 Å². The van der Waals surface area contributed by atoms with Crippen LogP contribution in [0.1, 0.15) is 23.2 Å². The van der Waals surface area contributed by atoms with Crippen LogP contribution in [-0.4, -0.2) is 36.3 Å². The number of carbonyl (C=O) groups excluding carboxylic acids is 2. The molecule has 0 radical (unpaired) electrons. The number of amides is 2. The fourth-order valence-corrected chi connectivity index (χ4v) is 2.38. The first-order valence-corrected chi connectivity index (χ1v) is 6.84. The van der Waals surface area contributed by atoms with E-state index in [1.54, 1.807) is 17.0 Å². The minimum Gasteiger partial charge on any atom is -0.343 e. The molecule has 0 aromatic heterocycles. The van der Waals surface area contributed by atoms with E-state index in [0.29, 0.717) is 10.0 Å². The summed E-state index contributed by atoms with van der Waals surface area (Å²) in [5.74, 6) is -0.455. The molecule has 0 saturated carbocycles. The fraction of sp³-hybridized carbons (Fsp3) is 0.385. The minimum absolute atomic E-state index is 0.0122. The van der Waals surface area contributed by atoms with Gasteiger partial charge in [-0.25, -0.2) is 0 Å². The summed E-state index contributed by atoms with van der Waals surface area (Å²) >= 11 is 11.7. The van der Waals surface area contributed by atoms with E-state index in [1.165, 1.54) is 6.07 Å². The van der Waals surface area contributed by atoms with E-state index in [0.717, 1.165) is 25.9 Å². The zero-order valence-electron chi connectivity index (χ0n) is 10.3. The van der Waals surface area contributed by atoms with Gasteiger partial charge in [-0.15, -0.1) is 0 Å². The van der Waals surface area contributed by atoms with Gasteiger partial charge in [0.05, 0.1) is 17.1 Å². The average Bonchev–Trinajstić information content (AvgIpc) is 2.92. The maximum Gasteiger partial charge on any atom is 0.253 e. The zero-order chi connectivity index (χ0) is 13.8. The highest BCUT2D eigenvalue weighted by molar-refractivity contribution is 6.35. The van der Waals surface area contributed by atoms with E-state index in [1.807, 2.05) is 0 Å². The van der Waals surface area contributed by atoms with Crippen LogP contribution >= 0.6 is 23.2 Å². The van der Waals surface area contributed by atoms with Gasteiger partial charge in [-0.05, 0) is 31.0 Å². The van der Waals surface area contributed by atoms with Crippen LogP contribution in [0.5, 0.6) is 0 Å². The predicted octanol–water partition coefficient (Wildman–Crippen LogP) is 2.35. The highest BCUT2D eigenvalue weighted by atomic mass is 35.5. The summed E-state index contributed by atoms with van der Waals surface area (Å²) < 4.78 is 0. The molecule has 1 heterocycles. The molecule has 4 nitrogen and oxygen atoms in total. The summed E-state index contributed by atoms with van der Waals surface area (Å²) in [4.78, 5) is 25.4. The molecule has 1 saturated heterocycles. The zero-order valence-corrected chi connectivity index (χ0v) is 11.8. The lowest BCUT2D eigenvalue weighted by molar-refractivity contribution is -0.129. The Morgan fingerprint density at radius 3 is 2.58 bits per heavy atom. The molecule has 1 aromatic rings. The lowest BCUT2D eigenvalue weighted by Gasteiger charge is -2.15. The number of likely N-dealkylation sites (tertiary alicyclic amines) is 1. The Kier molecular flexibility index (Phi) is 4.66.